The maximum absolute atomic E-state index is 13.5. The maximum Gasteiger partial charge on any atom is 0.433 e. The smallest absolute Gasteiger partial charge is 0.296 e. The van der Waals surface area contributed by atoms with Crippen LogP contribution < -0.4 is 5.32 Å². The molecule has 0 saturated carbocycles. The lowest BCUT2D eigenvalue weighted by Gasteiger charge is -2.10. The Morgan fingerprint density at radius 1 is 1.19 bits per heavy atom. The Labute approximate surface area is 152 Å². The van der Waals surface area contributed by atoms with Crippen molar-refractivity contribution in [3.05, 3.63) is 52.6 Å². The van der Waals surface area contributed by atoms with Crippen molar-refractivity contribution in [3.63, 3.8) is 0 Å². The Morgan fingerprint density at radius 3 is 2.69 bits per heavy atom. The molecule has 0 atom stereocenters. The molecule has 0 radical (unpaired) electrons. The molecular formula is C15H8F3N5OS2. The second-order valence-corrected chi connectivity index (χ2v) is 6.93. The highest BCUT2D eigenvalue weighted by molar-refractivity contribution is 7.14. The van der Waals surface area contributed by atoms with Crippen molar-refractivity contribution >= 4 is 39.4 Å². The molecule has 0 aliphatic carbocycles. The zero-order chi connectivity index (χ0) is 18.3. The van der Waals surface area contributed by atoms with E-state index in [1.54, 1.807) is 22.9 Å². The lowest BCUT2D eigenvalue weighted by Crippen LogP contribution is -2.15. The number of hydrogen-bond acceptors (Lipinski definition) is 6. The quantitative estimate of drug-likeness (QED) is 0.565. The van der Waals surface area contributed by atoms with Crippen molar-refractivity contribution in [2.45, 2.75) is 6.18 Å². The molecule has 0 aliphatic heterocycles. The number of carbonyl (C=O) groups excluding carboxylic acids is 1. The molecule has 4 aromatic heterocycles. The summed E-state index contributed by atoms with van der Waals surface area (Å²) < 4.78 is 41.0. The van der Waals surface area contributed by atoms with E-state index in [-0.39, 0.29) is 17.0 Å². The predicted molar refractivity (Wildman–Crippen MR) is 91.4 cm³/mol. The summed E-state index contributed by atoms with van der Waals surface area (Å²) in [5.41, 5.74) is -1.07. The zero-order valence-electron chi connectivity index (χ0n) is 12.7. The van der Waals surface area contributed by atoms with Gasteiger partial charge >= 0.3 is 6.18 Å². The first-order chi connectivity index (χ1) is 12.4. The number of amides is 1. The summed E-state index contributed by atoms with van der Waals surface area (Å²) >= 11 is 2.46. The lowest BCUT2D eigenvalue weighted by atomic mass is 10.2. The minimum Gasteiger partial charge on any atom is -0.296 e. The van der Waals surface area contributed by atoms with E-state index in [9.17, 15) is 18.0 Å². The van der Waals surface area contributed by atoms with Crippen LogP contribution in [0.3, 0.4) is 0 Å². The molecule has 0 aliphatic rings. The van der Waals surface area contributed by atoms with E-state index in [1.807, 2.05) is 0 Å². The summed E-state index contributed by atoms with van der Waals surface area (Å²) in [5, 5.41) is 10.0. The average Bonchev–Trinajstić information content (AvgIpc) is 3.33. The van der Waals surface area contributed by atoms with Gasteiger partial charge in [0.15, 0.2) is 22.2 Å². The van der Waals surface area contributed by atoms with Crippen molar-refractivity contribution in [2.75, 3.05) is 5.32 Å². The van der Waals surface area contributed by atoms with Gasteiger partial charge in [0.1, 0.15) is 0 Å². The predicted octanol–water partition coefficient (Wildman–Crippen LogP) is 4.19. The monoisotopic (exact) mass is 395 g/mol. The van der Waals surface area contributed by atoms with Crippen molar-refractivity contribution in [3.8, 4) is 10.6 Å². The molecule has 1 amide bonds. The average molecular weight is 395 g/mol. The van der Waals surface area contributed by atoms with Crippen LogP contribution in [-0.2, 0) is 6.18 Å². The number of nitrogens with one attached hydrogen (secondary N) is 1. The lowest BCUT2D eigenvalue weighted by molar-refractivity contribution is -0.142. The standard InChI is InChI=1S/C15H8F3N5OS2/c16-15(17,18)11-6-8(10-2-1-4-25-10)20-12-7-9(22-23(11)12)13(24)21-14-19-3-5-26-14/h1-7H,(H,19,21,24). The van der Waals surface area contributed by atoms with E-state index >= 15 is 0 Å². The SMILES string of the molecule is O=C(Nc1nccs1)c1cc2nc(-c3cccs3)cc(C(F)(F)F)n2n1. The Bertz CT molecular complexity index is 1070. The number of halogens is 3. The third-order valence-electron chi connectivity index (χ3n) is 3.38. The van der Waals surface area contributed by atoms with Gasteiger partial charge in [0.25, 0.3) is 5.91 Å². The number of hydrogen-bond donors (Lipinski definition) is 1. The number of aromatic nitrogens is 4. The highest BCUT2D eigenvalue weighted by Gasteiger charge is 2.35. The van der Waals surface area contributed by atoms with Gasteiger partial charge in [-0.15, -0.1) is 22.7 Å². The van der Waals surface area contributed by atoms with E-state index in [4.69, 9.17) is 0 Å². The van der Waals surface area contributed by atoms with Gasteiger partial charge in [0, 0.05) is 17.6 Å². The molecule has 11 heteroatoms. The number of fused-ring (bicyclic) bond motifs is 1. The number of thiophene rings is 1. The first kappa shape index (κ1) is 16.7. The maximum atomic E-state index is 13.5. The molecule has 0 spiro atoms. The highest BCUT2D eigenvalue weighted by atomic mass is 32.1. The Hall–Kier alpha value is -2.79. The summed E-state index contributed by atoms with van der Waals surface area (Å²) in [7, 11) is 0. The first-order valence-corrected chi connectivity index (χ1v) is 8.90. The van der Waals surface area contributed by atoms with Crippen LogP contribution in [0.1, 0.15) is 16.2 Å². The topological polar surface area (TPSA) is 72.2 Å². The van der Waals surface area contributed by atoms with E-state index < -0.39 is 17.8 Å². The van der Waals surface area contributed by atoms with E-state index in [2.05, 4.69) is 20.4 Å². The molecule has 0 saturated heterocycles. The molecule has 4 aromatic rings. The summed E-state index contributed by atoms with van der Waals surface area (Å²) in [6.07, 6.45) is -3.15. The van der Waals surface area contributed by atoms with Crippen LogP contribution in [0.15, 0.2) is 41.2 Å². The van der Waals surface area contributed by atoms with Crippen molar-refractivity contribution in [1.29, 1.82) is 0 Å². The van der Waals surface area contributed by atoms with Crippen LogP contribution in [0, 0.1) is 0 Å². The van der Waals surface area contributed by atoms with Crippen LogP contribution >= 0.6 is 22.7 Å². The fraction of sp³-hybridized carbons (Fsp3) is 0.0667. The largest absolute Gasteiger partial charge is 0.433 e. The van der Waals surface area contributed by atoms with Gasteiger partial charge in [-0.05, 0) is 17.5 Å². The molecule has 0 aromatic carbocycles. The Morgan fingerprint density at radius 2 is 2.04 bits per heavy atom. The number of rotatable bonds is 3. The van der Waals surface area contributed by atoms with Crippen LogP contribution in [0.25, 0.3) is 16.2 Å². The minimum atomic E-state index is -4.65. The van der Waals surface area contributed by atoms with Gasteiger partial charge in [0.05, 0.1) is 10.6 Å². The second-order valence-electron chi connectivity index (χ2n) is 5.09. The molecule has 0 fully saturated rings. The summed E-state index contributed by atoms with van der Waals surface area (Å²) in [4.78, 5) is 20.9. The third-order valence-corrected chi connectivity index (χ3v) is 4.96. The number of anilines is 1. The normalized spacial score (nSPS) is 11.8. The molecule has 4 rings (SSSR count). The van der Waals surface area contributed by atoms with Gasteiger partial charge in [-0.3, -0.25) is 10.1 Å². The van der Waals surface area contributed by atoms with Gasteiger partial charge in [0.2, 0.25) is 0 Å². The molecule has 4 heterocycles. The van der Waals surface area contributed by atoms with Crippen molar-refractivity contribution < 1.29 is 18.0 Å². The molecule has 0 unspecified atom stereocenters. The van der Waals surface area contributed by atoms with Crippen molar-refractivity contribution in [2.24, 2.45) is 0 Å². The zero-order valence-corrected chi connectivity index (χ0v) is 14.3. The molecule has 1 N–H and O–H groups in total. The minimum absolute atomic E-state index is 0.0625. The number of carbonyl (C=O) groups is 1. The highest BCUT2D eigenvalue weighted by Crippen LogP contribution is 2.33. The second kappa shape index (κ2) is 6.18. The summed E-state index contributed by atoms with van der Waals surface area (Å²) in [6, 6.07) is 5.54. The van der Waals surface area contributed by atoms with Gasteiger partial charge in [-0.1, -0.05) is 6.07 Å². The third kappa shape index (κ3) is 3.06. The molecule has 132 valence electrons. The van der Waals surface area contributed by atoms with Crippen molar-refractivity contribution in [1.82, 2.24) is 19.6 Å². The van der Waals surface area contributed by atoms with Gasteiger partial charge in [-0.2, -0.15) is 18.3 Å². The van der Waals surface area contributed by atoms with Crippen LogP contribution in [-0.4, -0.2) is 25.5 Å². The van der Waals surface area contributed by atoms with Gasteiger partial charge < -0.3 is 0 Å². The van der Waals surface area contributed by atoms with E-state index in [1.165, 1.54) is 34.9 Å². The van der Waals surface area contributed by atoms with Crippen LogP contribution in [0.5, 0.6) is 0 Å². The fourth-order valence-electron chi connectivity index (χ4n) is 2.28. The molecule has 26 heavy (non-hydrogen) atoms. The van der Waals surface area contributed by atoms with Crippen LogP contribution in [0.4, 0.5) is 18.3 Å². The summed E-state index contributed by atoms with van der Waals surface area (Å²) in [6.45, 7) is 0. The fourth-order valence-corrected chi connectivity index (χ4v) is 3.49. The number of nitrogens with zero attached hydrogens (tertiary/aromatic N) is 4. The number of alkyl halides is 3. The van der Waals surface area contributed by atoms with E-state index in [0.29, 0.717) is 14.5 Å². The Balaban J connectivity index is 1.82. The molecule has 0 bridgehead atoms. The Kier molecular flexibility index (Phi) is 3.96. The van der Waals surface area contributed by atoms with Gasteiger partial charge in [-0.25, -0.2) is 14.5 Å². The summed E-state index contributed by atoms with van der Waals surface area (Å²) in [5.74, 6) is -0.656. The number of thiazole rings is 1. The first-order valence-electron chi connectivity index (χ1n) is 7.14. The van der Waals surface area contributed by atoms with Crippen LogP contribution in [0.2, 0.25) is 0 Å². The van der Waals surface area contributed by atoms with E-state index in [0.717, 1.165) is 6.07 Å². The molecule has 6 nitrogen and oxygen atoms in total. The molecular weight excluding hydrogens is 387 g/mol.